The van der Waals surface area contributed by atoms with Gasteiger partial charge in [0.05, 0.1) is 14.2 Å². The highest BCUT2D eigenvalue weighted by Gasteiger charge is 2.27. The molecule has 3 nitrogen and oxygen atoms in total. The number of carbonyl (C=O) groups excluding carboxylic acids is 1. The maximum absolute atomic E-state index is 12.6. The third-order valence-electron chi connectivity index (χ3n) is 4.88. The van der Waals surface area contributed by atoms with Gasteiger partial charge in [0.25, 0.3) is 0 Å². The van der Waals surface area contributed by atoms with Crippen molar-refractivity contribution in [3.63, 3.8) is 0 Å². The molecule has 2 aliphatic rings. The highest BCUT2D eigenvalue weighted by Crippen LogP contribution is 2.45. The fraction of sp³-hybridized carbons (Fsp3) is 0.125. The van der Waals surface area contributed by atoms with Crippen LogP contribution in [0.4, 0.5) is 0 Å². The van der Waals surface area contributed by atoms with Crippen LogP contribution in [0.5, 0.6) is 11.5 Å². The Morgan fingerprint density at radius 1 is 0.667 bits per heavy atom. The van der Waals surface area contributed by atoms with Crippen molar-refractivity contribution < 1.29 is 14.3 Å². The lowest BCUT2D eigenvalue weighted by molar-refractivity contribution is -0.110. The topological polar surface area (TPSA) is 35.5 Å². The van der Waals surface area contributed by atoms with Gasteiger partial charge >= 0.3 is 0 Å². The van der Waals surface area contributed by atoms with Gasteiger partial charge in [0, 0.05) is 11.1 Å². The molecule has 2 aromatic carbocycles. The van der Waals surface area contributed by atoms with Crippen LogP contribution in [0.1, 0.15) is 17.5 Å². The number of hydrogen-bond donors (Lipinski definition) is 0. The van der Waals surface area contributed by atoms with E-state index < -0.39 is 0 Å². The summed E-state index contributed by atoms with van der Waals surface area (Å²) in [5, 5.41) is 0. The lowest BCUT2D eigenvalue weighted by Gasteiger charge is -2.26. The fourth-order valence-corrected chi connectivity index (χ4v) is 3.69. The van der Waals surface area contributed by atoms with Crippen LogP contribution in [0.15, 0.2) is 84.0 Å². The van der Waals surface area contributed by atoms with Crippen LogP contribution in [0, 0.1) is 0 Å². The second-order valence-electron chi connectivity index (χ2n) is 6.39. The second-order valence-corrected chi connectivity index (χ2v) is 6.39. The van der Waals surface area contributed by atoms with Gasteiger partial charge in [-0.05, 0) is 53.0 Å². The maximum Gasteiger partial charge on any atom is 0.179 e. The fourth-order valence-electron chi connectivity index (χ4n) is 3.69. The summed E-state index contributed by atoms with van der Waals surface area (Å²) >= 11 is 0. The van der Waals surface area contributed by atoms with Crippen molar-refractivity contribution in [1.82, 2.24) is 0 Å². The van der Waals surface area contributed by atoms with Crippen molar-refractivity contribution in [3.8, 4) is 11.5 Å². The summed E-state index contributed by atoms with van der Waals surface area (Å²) in [7, 11) is 3.32. The number of hydrogen-bond acceptors (Lipinski definition) is 3. The first-order valence-electron chi connectivity index (χ1n) is 8.88. The van der Waals surface area contributed by atoms with Gasteiger partial charge in [-0.15, -0.1) is 0 Å². The predicted octanol–water partition coefficient (Wildman–Crippen LogP) is 5.01. The number of rotatable bonds is 4. The summed E-state index contributed by atoms with van der Waals surface area (Å²) in [5.74, 6) is 1.53. The van der Waals surface area contributed by atoms with Gasteiger partial charge in [-0.1, -0.05) is 48.6 Å². The van der Waals surface area contributed by atoms with Gasteiger partial charge in [0.1, 0.15) is 11.5 Å². The van der Waals surface area contributed by atoms with E-state index in [4.69, 9.17) is 9.47 Å². The molecule has 0 unspecified atom stereocenters. The summed E-state index contributed by atoms with van der Waals surface area (Å²) in [6, 6.07) is 15.7. The first-order chi connectivity index (χ1) is 13.2. The summed E-state index contributed by atoms with van der Waals surface area (Å²) < 4.78 is 11.1. The van der Waals surface area contributed by atoms with Crippen molar-refractivity contribution in [1.29, 1.82) is 0 Å². The number of para-hydroxylation sites is 2. The molecule has 0 spiro atoms. The Hall–Kier alpha value is -3.33. The average Bonchev–Trinajstić information content (AvgIpc) is 2.72. The molecule has 27 heavy (non-hydrogen) atoms. The SMILES string of the molecule is COc1ccccc1C1=CCC=C2C1=CC(=O)C=C2c1ccccc1OC. The first kappa shape index (κ1) is 17.1. The van der Waals surface area contributed by atoms with Crippen LogP contribution >= 0.6 is 0 Å². The largest absolute Gasteiger partial charge is 0.496 e. The molecule has 0 heterocycles. The molecule has 134 valence electrons. The van der Waals surface area contributed by atoms with Crippen molar-refractivity contribution in [2.45, 2.75) is 6.42 Å². The monoisotopic (exact) mass is 356 g/mol. The van der Waals surface area contributed by atoms with E-state index in [1.54, 1.807) is 26.4 Å². The van der Waals surface area contributed by atoms with E-state index >= 15 is 0 Å². The Morgan fingerprint density at radius 3 is 1.81 bits per heavy atom. The van der Waals surface area contributed by atoms with Gasteiger partial charge in [-0.2, -0.15) is 0 Å². The third-order valence-corrected chi connectivity index (χ3v) is 4.88. The number of allylic oxidation sites excluding steroid dienone is 8. The van der Waals surface area contributed by atoms with Crippen molar-refractivity contribution >= 4 is 16.9 Å². The molecule has 0 saturated carbocycles. The van der Waals surface area contributed by atoms with E-state index in [1.807, 2.05) is 48.5 Å². The second kappa shape index (κ2) is 7.12. The van der Waals surface area contributed by atoms with Gasteiger partial charge in [0.2, 0.25) is 0 Å². The smallest absolute Gasteiger partial charge is 0.179 e. The minimum Gasteiger partial charge on any atom is -0.496 e. The number of fused-ring (bicyclic) bond motifs is 1. The summed E-state index contributed by atoms with van der Waals surface area (Å²) in [6.07, 6.45) is 8.50. The van der Waals surface area contributed by atoms with Crippen molar-refractivity contribution in [2.24, 2.45) is 0 Å². The molecule has 0 bridgehead atoms. The molecule has 2 aromatic rings. The molecular formula is C24H20O3. The average molecular weight is 356 g/mol. The molecular weight excluding hydrogens is 336 g/mol. The molecule has 0 fully saturated rings. The Morgan fingerprint density at radius 2 is 1.19 bits per heavy atom. The third kappa shape index (κ3) is 3.02. The van der Waals surface area contributed by atoms with Gasteiger partial charge in [-0.25, -0.2) is 0 Å². The number of ether oxygens (including phenoxy) is 2. The van der Waals surface area contributed by atoms with E-state index in [0.29, 0.717) is 0 Å². The summed E-state index contributed by atoms with van der Waals surface area (Å²) in [4.78, 5) is 12.6. The molecule has 0 amide bonds. The van der Waals surface area contributed by atoms with Crippen molar-refractivity contribution in [2.75, 3.05) is 14.2 Å². The Balaban J connectivity index is 1.83. The zero-order chi connectivity index (χ0) is 18.8. The number of methoxy groups -OCH3 is 2. The Kier molecular flexibility index (Phi) is 4.51. The summed E-state index contributed by atoms with van der Waals surface area (Å²) in [6.45, 7) is 0. The number of ketones is 1. The highest BCUT2D eigenvalue weighted by atomic mass is 16.5. The number of benzene rings is 2. The van der Waals surface area contributed by atoms with Crippen LogP contribution in [-0.2, 0) is 4.79 Å². The molecule has 2 aliphatic carbocycles. The van der Waals surface area contributed by atoms with Crippen LogP contribution in [-0.4, -0.2) is 20.0 Å². The number of carbonyl (C=O) groups is 1. The van der Waals surface area contributed by atoms with E-state index in [2.05, 4.69) is 12.2 Å². The summed E-state index contributed by atoms with van der Waals surface area (Å²) in [5.41, 5.74) is 5.83. The maximum atomic E-state index is 12.6. The van der Waals surface area contributed by atoms with Crippen LogP contribution in [0.3, 0.4) is 0 Å². The molecule has 3 heteroatoms. The molecule has 0 aromatic heterocycles. The van der Waals surface area contributed by atoms with Crippen LogP contribution in [0.25, 0.3) is 11.1 Å². The lowest BCUT2D eigenvalue weighted by Crippen LogP contribution is -2.10. The predicted molar refractivity (Wildman–Crippen MR) is 108 cm³/mol. The molecule has 0 aliphatic heterocycles. The van der Waals surface area contributed by atoms with E-state index in [-0.39, 0.29) is 5.78 Å². The van der Waals surface area contributed by atoms with E-state index in [0.717, 1.165) is 51.3 Å². The zero-order valence-corrected chi connectivity index (χ0v) is 15.4. The van der Waals surface area contributed by atoms with Gasteiger partial charge in [0.15, 0.2) is 5.78 Å². The normalized spacial score (nSPS) is 15.9. The quantitative estimate of drug-likeness (QED) is 0.772. The lowest BCUT2D eigenvalue weighted by atomic mass is 9.78. The van der Waals surface area contributed by atoms with Gasteiger partial charge in [-0.3, -0.25) is 4.79 Å². The van der Waals surface area contributed by atoms with Crippen molar-refractivity contribution in [3.05, 3.63) is 95.1 Å². The van der Waals surface area contributed by atoms with Gasteiger partial charge < -0.3 is 9.47 Å². The molecule has 0 saturated heterocycles. The highest BCUT2D eigenvalue weighted by molar-refractivity contribution is 6.16. The van der Waals surface area contributed by atoms with Crippen LogP contribution < -0.4 is 9.47 Å². The first-order valence-corrected chi connectivity index (χ1v) is 8.88. The zero-order valence-electron chi connectivity index (χ0n) is 15.4. The molecule has 0 N–H and O–H groups in total. The molecule has 0 radical (unpaired) electrons. The van der Waals surface area contributed by atoms with E-state index in [1.165, 1.54) is 0 Å². The standard InChI is InChI=1S/C24H20O3/c1-26-23-12-5-3-8-19(23)17-10-7-11-18-21(17)14-16(25)15-22(18)20-9-4-6-13-24(20)27-2/h3-6,8-15H,7H2,1-2H3. The van der Waals surface area contributed by atoms with Crippen LogP contribution in [0.2, 0.25) is 0 Å². The minimum absolute atomic E-state index is 0.0224. The Labute approximate surface area is 158 Å². The molecule has 4 rings (SSSR count). The molecule has 0 atom stereocenters. The Bertz CT molecular complexity index is 1040. The van der Waals surface area contributed by atoms with E-state index in [9.17, 15) is 4.79 Å². The minimum atomic E-state index is -0.0224.